The standard InChI is InChI=1S/C6H12O2Si3/c9-7-11(8-10)6-4-2-1-3-5-6/h1-5,11H,9-10H3. The van der Waals surface area contributed by atoms with Crippen molar-refractivity contribution < 1.29 is 8.23 Å². The largest absolute Gasteiger partial charge is 0.444 e. The summed E-state index contributed by atoms with van der Waals surface area (Å²) in [5.41, 5.74) is 0. The van der Waals surface area contributed by atoms with Gasteiger partial charge < -0.3 is 8.23 Å². The first-order valence-electron chi connectivity index (χ1n) is 3.49. The lowest BCUT2D eigenvalue weighted by Crippen LogP contribution is -2.35. The monoisotopic (exact) mass is 200 g/mol. The zero-order valence-electron chi connectivity index (χ0n) is 6.78. The minimum absolute atomic E-state index is 0.776. The van der Waals surface area contributed by atoms with Crippen molar-refractivity contribution in [2.24, 2.45) is 0 Å². The molecule has 0 atom stereocenters. The van der Waals surface area contributed by atoms with E-state index < -0.39 is 9.28 Å². The fourth-order valence-corrected chi connectivity index (χ4v) is 6.19. The van der Waals surface area contributed by atoms with Gasteiger partial charge in [-0.1, -0.05) is 30.3 Å². The lowest BCUT2D eigenvalue weighted by Gasteiger charge is -2.11. The first-order chi connectivity index (χ1) is 5.38. The Morgan fingerprint density at radius 1 is 1.00 bits per heavy atom. The van der Waals surface area contributed by atoms with E-state index in [-0.39, 0.29) is 0 Å². The van der Waals surface area contributed by atoms with Crippen LogP contribution < -0.4 is 5.19 Å². The quantitative estimate of drug-likeness (QED) is 0.512. The molecule has 1 aromatic rings. The van der Waals surface area contributed by atoms with Crippen LogP contribution in [0.25, 0.3) is 0 Å². The van der Waals surface area contributed by atoms with Crippen molar-refractivity contribution in [1.29, 1.82) is 0 Å². The fourth-order valence-electron chi connectivity index (χ4n) is 0.979. The van der Waals surface area contributed by atoms with Crippen LogP contribution in [0.4, 0.5) is 0 Å². The summed E-state index contributed by atoms with van der Waals surface area (Å²) in [5, 5.41) is 1.25. The van der Waals surface area contributed by atoms with Gasteiger partial charge in [-0.05, 0) is 5.19 Å². The molecular formula is C6H12O2Si3. The molecule has 60 valence electrons. The molecule has 5 heteroatoms. The summed E-state index contributed by atoms with van der Waals surface area (Å²) >= 11 is 0. The van der Waals surface area contributed by atoms with E-state index in [0.29, 0.717) is 0 Å². The number of hydrogen-bond acceptors (Lipinski definition) is 2. The van der Waals surface area contributed by atoms with Gasteiger partial charge in [0, 0.05) is 0 Å². The van der Waals surface area contributed by atoms with Crippen LogP contribution >= 0.6 is 0 Å². The average molecular weight is 200 g/mol. The van der Waals surface area contributed by atoms with Gasteiger partial charge in [0.25, 0.3) is 0 Å². The zero-order valence-corrected chi connectivity index (χ0v) is 11.9. The predicted molar refractivity (Wildman–Crippen MR) is 55.3 cm³/mol. The summed E-state index contributed by atoms with van der Waals surface area (Å²) in [7, 11) is 0.124. The molecule has 0 fully saturated rings. The Bertz CT molecular complexity index is 200. The van der Waals surface area contributed by atoms with E-state index >= 15 is 0 Å². The lowest BCUT2D eigenvalue weighted by atomic mass is 10.4. The summed E-state index contributed by atoms with van der Waals surface area (Å²) < 4.78 is 10.8. The predicted octanol–water partition coefficient (Wildman–Crippen LogP) is -2.29. The Kier molecular flexibility index (Phi) is 3.73. The van der Waals surface area contributed by atoms with Crippen molar-refractivity contribution in [3.05, 3.63) is 30.3 Å². The van der Waals surface area contributed by atoms with Gasteiger partial charge in [0.2, 0.25) is 0 Å². The van der Waals surface area contributed by atoms with Crippen molar-refractivity contribution >= 4 is 35.4 Å². The third-order valence-electron chi connectivity index (χ3n) is 1.50. The van der Waals surface area contributed by atoms with Crippen LogP contribution in [-0.4, -0.2) is 30.3 Å². The Morgan fingerprint density at radius 3 is 2.00 bits per heavy atom. The van der Waals surface area contributed by atoms with Gasteiger partial charge in [0.05, 0.1) is 0 Å². The number of benzene rings is 1. The molecule has 0 aromatic heterocycles. The molecule has 0 radical (unpaired) electrons. The first kappa shape index (κ1) is 8.88. The van der Waals surface area contributed by atoms with Gasteiger partial charge in [-0.15, -0.1) is 0 Å². The highest BCUT2D eigenvalue weighted by atomic mass is 28.4. The van der Waals surface area contributed by atoms with Gasteiger partial charge in [-0.2, -0.15) is 0 Å². The van der Waals surface area contributed by atoms with Gasteiger partial charge in [0.15, 0.2) is 0 Å². The highest BCUT2D eigenvalue weighted by Gasteiger charge is 2.09. The Morgan fingerprint density at radius 2 is 1.55 bits per heavy atom. The van der Waals surface area contributed by atoms with E-state index in [1.165, 1.54) is 5.19 Å². The molecule has 1 aromatic carbocycles. The molecule has 0 saturated heterocycles. The zero-order chi connectivity index (χ0) is 8.10. The summed E-state index contributed by atoms with van der Waals surface area (Å²) in [5.74, 6) is 0. The third kappa shape index (κ3) is 2.38. The molecule has 0 saturated carbocycles. The summed E-state index contributed by atoms with van der Waals surface area (Å²) in [4.78, 5) is 0. The van der Waals surface area contributed by atoms with Crippen molar-refractivity contribution in [3.8, 4) is 0 Å². The molecule has 11 heavy (non-hydrogen) atoms. The van der Waals surface area contributed by atoms with Gasteiger partial charge >= 0.3 is 9.28 Å². The van der Waals surface area contributed by atoms with Crippen molar-refractivity contribution in [3.63, 3.8) is 0 Å². The smallest absolute Gasteiger partial charge is 0.334 e. The molecule has 0 aliphatic rings. The van der Waals surface area contributed by atoms with Crippen LogP contribution in [0.5, 0.6) is 0 Å². The average Bonchev–Trinajstić information content (AvgIpc) is 2.09. The third-order valence-corrected chi connectivity index (χ3v) is 5.85. The molecule has 0 aliphatic carbocycles. The highest BCUT2D eigenvalue weighted by molar-refractivity contribution is 6.66. The maximum atomic E-state index is 5.38. The second kappa shape index (κ2) is 4.62. The van der Waals surface area contributed by atoms with Crippen LogP contribution in [0.1, 0.15) is 0 Å². The molecule has 0 aliphatic heterocycles. The van der Waals surface area contributed by atoms with Gasteiger partial charge in [0.1, 0.15) is 21.0 Å². The van der Waals surface area contributed by atoms with Crippen molar-refractivity contribution in [2.45, 2.75) is 0 Å². The topological polar surface area (TPSA) is 18.5 Å². The highest BCUT2D eigenvalue weighted by Crippen LogP contribution is 1.88. The second-order valence-electron chi connectivity index (χ2n) is 2.21. The van der Waals surface area contributed by atoms with E-state index in [1.807, 2.05) is 18.2 Å². The number of hydrogen-bond donors (Lipinski definition) is 0. The van der Waals surface area contributed by atoms with E-state index in [0.717, 1.165) is 21.0 Å². The fraction of sp³-hybridized carbons (Fsp3) is 0. The Balaban J connectivity index is 2.74. The molecule has 0 amide bonds. The normalized spacial score (nSPS) is 13.5. The van der Waals surface area contributed by atoms with Gasteiger partial charge in [-0.3, -0.25) is 0 Å². The molecule has 0 N–H and O–H groups in total. The van der Waals surface area contributed by atoms with Crippen LogP contribution in [0.3, 0.4) is 0 Å². The molecule has 0 spiro atoms. The lowest BCUT2D eigenvalue weighted by molar-refractivity contribution is 0.491. The Labute approximate surface area is 74.5 Å². The van der Waals surface area contributed by atoms with E-state index in [4.69, 9.17) is 8.23 Å². The molecule has 0 unspecified atom stereocenters. The maximum Gasteiger partial charge on any atom is 0.334 e. The van der Waals surface area contributed by atoms with E-state index in [9.17, 15) is 0 Å². The molecule has 1 rings (SSSR count). The van der Waals surface area contributed by atoms with Crippen LogP contribution in [0.15, 0.2) is 30.3 Å². The van der Waals surface area contributed by atoms with E-state index in [2.05, 4.69) is 12.1 Å². The summed E-state index contributed by atoms with van der Waals surface area (Å²) in [6, 6.07) is 10.2. The van der Waals surface area contributed by atoms with E-state index in [1.54, 1.807) is 0 Å². The summed E-state index contributed by atoms with van der Waals surface area (Å²) in [6.07, 6.45) is 0. The minimum Gasteiger partial charge on any atom is -0.444 e. The maximum absolute atomic E-state index is 5.38. The van der Waals surface area contributed by atoms with Crippen molar-refractivity contribution in [2.75, 3.05) is 0 Å². The van der Waals surface area contributed by atoms with Crippen molar-refractivity contribution in [1.82, 2.24) is 0 Å². The molecule has 2 nitrogen and oxygen atoms in total. The van der Waals surface area contributed by atoms with Crippen LogP contribution in [0.2, 0.25) is 0 Å². The summed E-state index contributed by atoms with van der Waals surface area (Å²) in [6.45, 7) is 0. The van der Waals surface area contributed by atoms with Crippen LogP contribution in [-0.2, 0) is 8.23 Å². The minimum atomic E-state index is -1.43. The number of rotatable bonds is 3. The SMILES string of the molecule is [SiH3]O[SiH](O[SiH3])c1ccccc1. The Hall–Kier alpha value is -0.209. The molecule has 0 heterocycles. The second-order valence-corrected chi connectivity index (χ2v) is 7.32. The van der Waals surface area contributed by atoms with Crippen LogP contribution in [0, 0.1) is 0 Å². The molecular weight excluding hydrogens is 188 g/mol. The van der Waals surface area contributed by atoms with Gasteiger partial charge in [-0.25, -0.2) is 0 Å². The first-order valence-corrected chi connectivity index (χ1v) is 6.64. The molecule has 0 bridgehead atoms.